The highest BCUT2D eigenvalue weighted by Crippen LogP contribution is 2.19. The Bertz CT molecular complexity index is 534. The van der Waals surface area contributed by atoms with Crippen molar-refractivity contribution in [1.82, 2.24) is 4.57 Å². The van der Waals surface area contributed by atoms with E-state index in [4.69, 9.17) is 5.73 Å². The Labute approximate surface area is 108 Å². The van der Waals surface area contributed by atoms with Crippen LogP contribution in [0.4, 0.5) is 4.39 Å². The van der Waals surface area contributed by atoms with Gasteiger partial charge < -0.3 is 10.3 Å². The Hall–Kier alpha value is -1.13. The third-order valence-corrected chi connectivity index (χ3v) is 3.52. The van der Waals surface area contributed by atoms with Gasteiger partial charge in [0.15, 0.2) is 0 Å². The number of benzene rings is 1. The zero-order chi connectivity index (χ0) is 12.4. The molecule has 90 valence electrons. The van der Waals surface area contributed by atoms with Gasteiger partial charge in [-0.1, -0.05) is 6.07 Å². The molecule has 2 N–H and O–H groups in total. The molecule has 1 heterocycles. The van der Waals surface area contributed by atoms with E-state index in [1.165, 1.54) is 6.07 Å². The van der Waals surface area contributed by atoms with Crippen molar-refractivity contribution in [1.29, 1.82) is 0 Å². The van der Waals surface area contributed by atoms with E-state index in [0.717, 1.165) is 23.4 Å². The van der Waals surface area contributed by atoms with E-state index in [2.05, 4.69) is 20.5 Å². The molecule has 0 saturated carbocycles. The average molecular weight is 297 g/mol. The molecule has 1 aromatic carbocycles. The van der Waals surface area contributed by atoms with Crippen LogP contribution in [-0.2, 0) is 13.1 Å². The SMILES string of the molecule is Cc1c(CN)ccn1Cc1ccc(F)c(Br)c1. The van der Waals surface area contributed by atoms with Gasteiger partial charge in [-0.3, -0.25) is 0 Å². The van der Waals surface area contributed by atoms with Gasteiger partial charge in [0, 0.05) is 25.0 Å². The predicted octanol–water partition coefficient (Wildman–Crippen LogP) is 3.21. The van der Waals surface area contributed by atoms with Crippen LogP contribution >= 0.6 is 15.9 Å². The van der Waals surface area contributed by atoms with Crippen molar-refractivity contribution in [2.24, 2.45) is 5.73 Å². The van der Waals surface area contributed by atoms with Crippen LogP contribution in [0, 0.1) is 12.7 Å². The first-order chi connectivity index (χ1) is 8.11. The summed E-state index contributed by atoms with van der Waals surface area (Å²) in [5, 5.41) is 0. The Kier molecular flexibility index (Phi) is 3.64. The van der Waals surface area contributed by atoms with Crippen molar-refractivity contribution >= 4 is 15.9 Å². The molecular formula is C13H14BrFN2. The molecule has 4 heteroatoms. The third kappa shape index (κ3) is 2.58. The maximum Gasteiger partial charge on any atom is 0.137 e. The summed E-state index contributed by atoms with van der Waals surface area (Å²) in [6.07, 6.45) is 2.01. The molecule has 0 amide bonds. The minimum absolute atomic E-state index is 0.236. The average Bonchev–Trinajstić information content (AvgIpc) is 2.65. The standard InChI is InChI=1S/C13H14BrFN2/c1-9-11(7-16)4-5-17(9)8-10-2-3-13(15)12(14)6-10/h2-6H,7-8,16H2,1H3. The van der Waals surface area contributed by atoms with Crippen LogP contribution in [0.2, 0.25) is 0 Å². The van der Waals surface area contributed by atoms with E-state index in [9.17, 15) is 4.39 Å². The summed E-state index contributed by atoms with van der Waals surface area (Å²) in [5.41, 5.74) is 8.99. The van der Waals surface area contributed by atoms with Crippen molar-refractivity contribution in [3.8, 4) is 0 Å². The van der Waals surface area contributed by atoms with Gasteiger partial charge in [-0.2, -0.15) is 0 Å². The molecule has 17 heavy (non-hydrogen) atoms. The molecule has 0 atom stereocenters. The second kappa shape index (κ2) is 5.02. The summed E-state index contributed by atoms with van der Waals surface area (Å²) in [6, 6.07) is 7.09. The number of rotatable bonds is 3. The van der Waals surface area contributed by atoms with Gasteiger partial charge in [-0.05, 0) is 52.2 Å². The summed E-state index contributed by atoms with van der Waals surface area (Å²) < 4.78 is 15.7. The monoisotopic (exact) mass is 296 g/mol. The molecule has 0 radical (unpaired) electrons. The number of nitrogens with zero attached hydrogens (tertiary/aromatic N) is 1. The van der Waals surface area contributed by atoms with Crippen molar-refractivity contribution < 1.29 is 4.39 Å². The highest BCUT2D eigenvalue weighted by atomic mass is 79.9. The topological polar surface area (TPSA) is 30.9 Å². The molecule has 0 aliphatic carbocycles. The van der Waals surface area contributed by atoms with Crippen LogP contribution in [0.25, 0.3) is 0 Å². The van der Waals surface area contributed by atoms with Gasteiger partial charge in [0.2, 0.25) is 0 Å². The highest BCUT2D eigenvalue weighted by Gasteiger charge is 2.05. The second-order valence-electron chi connectivity index (χ2n) is 4.01. The van der Waals surface area contributed by atoms with Gasteiger partial charge in [0.25, 0.3) is 0 Å². The minimum Gasteiger partial charge on any atom is -0.347 e. The molecule has 0 spiro atoms. The molecule has 0 fully saturated rings. The number of nitrogens with two attached hydrogens (primary N) is 1. The van der Waals surface area contributed by atoms with Gasteiger partial charge in [0.1, 0.15) is 5.82 Å². The van der Waals surface area contributed by atoms with Crippen molar-refractivity contribution in [3.63, 3.8) is 0 Å². The van der Waals surface area contributed by atoms with Crippen LogP contribution in [0.3, 0.4) is 0 Å². The Morgan fingerprint density at radius 3 is 2.71 bits per heavy atom. The molecule has 0 aliphatic rings. The lowest BCUT2D eigenvalue weighted by Gasteiger charge is -2.08. The fourth-order valence-corrected chi connectivity index (χ4v) is 2.24. The first-order valence-corrected chi connectivity index (χ1v) is 6.19. The normalized spacial score (nSPS) is 10.8. The van der Waals surface area contributed by atoms with Gasteiger partial charge in [-0.15, -0.1) is 0 Å². The van der Waals surface area contributed by atoms with Crippen LogP contribution in [0.5, 0.6) is 0 Å². The van der Waals surface area contributed by atoms with E-state index < -0.39 is 0 Å². The van der Waals surface area contributed by atoms with Gasteiger partial charge in [0.05, 0.1) is 4.47 Å². The van der Waals surface area contributed by atoms with E-state index in [-0.39, 0.29) is 5.82 Å². The molecule has 2 rings (SSSR count). The van der Waals surface area contributed by atoms with E-state index in [1.54, 1.807) is 12.1 Å². The largest absolute Gasteiger partial charge is 0.347 e. The van der Waals surface area contributed by atoms with Gasteiger partial charge >= 0.3 is 0 Å². The molecule has 0 aliphatic heterocycles. The number of aromatic nitrogens is 1. The summed E-state index contributed by atoms with van der Waals surface area (Å²) in [6.45, 7) is 3.32. The van der Waals surface area contributed by atoms with Crippen molar-refractivity contribution in [2.45, 2.75) is 20.0 Å². The lowest BCUT2D eigenvalue weighted by atomic mass is 10.2. The van der Waals surface area contributed by atoms with E-state index in [1.807, 2.05) is 19.2 Å². The van der Waals surface area contributed by atoms with Crippen LogP contribution in [0.15, 0.2) is 34.9 Å². The summed E-state index contributed by atoms with van der Waals surface area (Å²) >= 11 is 3.19. The first kappa shape index (κ1) is 12.3. The zero-order valence-corrected chi connectivity index (χ0v) is 11.2. The Morgan fingerprint density at radius 2 is 2.12 bits per heavy atom. The number of hydrogen-bond acceptors (Lipinski definition) is 1. The van der Waals surface area contributed by atoms with Crippen molar-refractivity contribution in [2.75, 3.05) is 0 Å². The smallest absolute Gasteiger partial charge is 0.137 e. The maximum absolute atomic E-state index is 13.1. The molecule has 1 aromatic heterocycles. The highest BCUT2D eigenvalue weighted by molar-refractivity contribution is 9.10. The number of hydrogen-bond donors (Lipinski definition) is 1. The molecule has 0 unspecified atom stereocenters. The minimum atomic E-state index is -0.236. The van der Waals surface area contributed by atoms with E-state index in [0.29, 0.717) is 11.0 Å². The molecular weight excluding hydrogens is 283 g/mol. The van der Waals surface area contributed by atoms with Crippen LogP contribution in [0.1, 0.15) is 16.8 Å². The molecule has 0 saturated heterocycles. The number of halogens is 2. The Morgan fingerprint density at radius 1 is 1.35 bits per heavy atom. The lowest BCUT2D eigenvalue weighted by Crippen LogP contribution is -2.03. The maximum atomic E-state index is 13.1. The second-order valence-corrected chi connectivity index (χ2v) is 4.86. The zero-order valence-electron chi connectivity index (χ0n) is 9.58. The molecule has 2 nitrogen and oxygen atoms in total. The molecule has 0 bridgehead atoms. The summed E-state index contributed by atoms with van der Waals surface area (Å²) in [5.74, 6) is -0.236. The Balaban J connectivity index is 2.25. The quantitative estimate of drug-likeness (QED) is 0.926. The fraction of sp³-hybridized carbons (Fsp3) is 0.231. The predicted molar refractivity (Wildman–Crippen MR) is 70.3 cm³/mol. The van der Waals surface area contributed by atoms with Crippen molar-refractivity contribution in [3.05, 3.63) is 57.6 Å². The summed E-state index contributed by atoms with van der Waals surface area (Å²) in [7, 11) is 0. The summed E-state index contributed by atoms with van der Waals surface area (Å²) in [4.78, 5) is 0. The van der Waals surface area contributed by atoms with Crippen LogP contribution in [-0.4, -0.2) is 4.57 Å². The lowest BCUT2D eigenvalue weighted by molar-refractivity contribution is 0.619. The fourth-order valence-electron chi connectivity index (χ4n) is 1.82. The van der Waals surface area contributed by atoms with E-state index >= 15 is 0 Å². The first-order valence-electron chi connectivity index (χ1n) is 5.40. The van der Waals surface area contributed by atoms with Gasteiger partial charge in [-0.25, -0.2) is 4.39 Å². The van der Waals surface area contributed by atoms with Crippen LogP contribution < -0.4 is 5.73 Å². The third-order valence-electron chi connectivity index (χ3n) is 2.91. The molecule has 2 aromatic rings.